The third-order valence-electron chi connectivity index (χ3n) is 10.7. The highest BCUT2D eigenvalue weighted by Crippen LogP contribution is 2.52. The molecule has 1 aliphatic rings. The molecule has 0 saturated carbocycles. The third-order valence-corrected chi connectivity index (χ3v) is 10.7. The van der Waals surface area contributed by atoms with Crippen LogP contribution in [0.5, 0.6) is 0 Å². The van der Waals surface area contributed by atoms with E-state index in [0.29, 0.717) is 5.82 Å². The summed E-state index contributed by atoms with van der Waals surface area (Å²) in [7, 11) is 0. The molecule has 0 saturated heterocycles. The van der Waals surface area contributed by atoms with Gasteiger partial charge in [0.05, 0.1) is 16.9 Å². The van der Waals surface area contributed by atoms with Crippen LogP contribution in [0.15, 0.2) is 164 Å². The summed E-state index contributed by atoms with van der Waals surface area (Å²) in [6.45, 7) is 4.70. The van der Waals surface area contributed by atoms with Crippen LogP contribution in [0.4, 0.5) is 0 Å². The molecule has 0 fully saturated rings. The van der Waals surface area contributed by atoms with Gasteiger partial charge in [-0.25, -0.2) is 9.97 Å². The Kier molecular flexibility index (Phi) is 6.53. The number of para-hydroxylation sites is 1. The molecular formula is C48H33N3. The number of nitrogens with zero attached hydrogens (tertiary/aromatic N) is 3. The van der Waals surface area contributed by atoms with Crippen molar-refractivity contribution < 1.29 is 0 Å². The maximum atomic E-state index is 5.22. The fourth-order valence-electron chi connectivity index (χ4n) is 8.22. The maximum absolute atomic E-state index is 5.22. The van der Waals surface area contributed by atoms with Crippen LogP contribution in [-0.4, -0.2) is 15.0 Å². The summed E-state index contributed by atoms with van der Waals surface area (Å²) in [4.78, 5) is 15.1. The summed E-state index contributed by atoms with van der Waals surface area (Å²) in [5.74, 6) is 0.691. The van der Waals surface area contributed by atoms with Gasteiger partial charge < -0.3 is 0 Å². The van der Waals surface area contributed by atoms with Crippen molar-refractivity contribution in [3.05, 3.63) is 175 Å². The molecule has 10 rings (SSSR count). The molecule has 3 heteroatoms. The van der Waals surface area contributed by atoms with Crippen LogP contribution in [0.2, 0.25) is 0 Å². The smallest absolute Gasteiger partial charge is 0.160 e. The highest BCUT2D eigenvalue weighted by molar-refractivity contribution is 6.07. The van der Waals surface area contributed by atoms with E-state index >= 15 is 0 Å². The highest BCUT2D eigenvalue weighted by atomic mass is 14.9. The summed E-state index contributed by atoms with van der Waals surface area (Å²) in [6, 6.07) is 56.4. The zero-order valence-electron chi connectivity index (χ0n) is 28.4. The molecular weight excluding hydrogens is 619 g/mol. The van der Waals surface area contributed by atoms with Crippen LogP contribution < -0.4 is 0 Å². The van der Waals surface area contributed by atoms with E-state index < -0.39 is 0 Å². The molecule has 2 heterocycles. The van der Waals surface area contributed by atoms with Crippen molar-refractivity contribution in [2.45, 2.75) is 19.3 Å². The normalized spacial score (nSPS) is 13.1. The van der Waals surface area contributed by atoms with Gasteiger partial charge in [0.15, 0.2) is 5.82 Å². The molecule has 1 aliphatic carbocycles. The Hall–Kier alpha value is -6.45. The van der Waals surface area contributed by atoms with Crippen molar-refractivity contribution in [2.75, 3.05) is 0 Å². The first-order chi connectivity index (χ1) is 25.0. The second kappa shape index (κ2) is 11.3. The van der Waals surface area contributed by atoms with Crippen LogP contribution in [0.1, 0.15) is 25.0 Å². The quantitative estimate of drug-likeness (QED) is 0.190. The van der Waals surface area contributed by atoms with Gasteiger partial charge in [-0.05, 0) is 73.1 Å². The SMILES string of the molecule is CC1(C)c2ccc(-c3ccc(-c4cc(-c5cccc6cccnc56)nc(-c5ccccc5)n4)c4ccccc34)cc2-c2c1ccc1ccccc21. The molecule has 240 valence electrons. The van der Waals surface area contributed by atoms with Gasteiger partial charge in [-0.15, -0.1) is 0 Å². The lowest BCUT2D eigenvalue weighted by atomic mass is 9.81. The summed E-state index contributed by atoms with van der Waals surface area (Å²) >= 11 is 0. The van der Waals surface area contributed by atoms with Crippen molar-refractivity contribution in [3.8, 4) is 56.2 Å². The third kappa shape index (κ3) is 4.62. The van der Waals surface area contributed by atoms with Crippen LogP contribution in [0.3, 0.4) is 0 Å². The van der Waals surface area contributed by atoms with E-state index in [1.807, 2.05) is 30.5 Å². The van der Waals surface area contributed by atoms with Crippen molar-refractivity contribution in [3.63, 3.8) is 0 Å². The van der Waals surface area contributed by atoms with Crippen molar-refractivity contribution in [2.24, 2.45) is 0 Å². The van der Waals surface area contributed by atoms with Gasteiger partial charge in [0.2, 0.25) is 0 Å². The minimum absolute atomic E-state index is 0.0695. The standard InChI is InChI=1S/C48H33N3/c1-48(2)41-25-22-33(28-40(41)45-35-17-7-6-12-30(35)21-26-42(45)48)34-23-24-38(37-19-9-8-18-36(34)37)43-29-44(51-47(50-43)32-13-4-3-5-14-32)39-20-10-15-31-16-11-27-49-46(31)39/h3-29H,1-2H3. The molecule has 0 atom stereocenters. The number of hydrogen-bond donors (Lipinski definition) is 0. The summed E-state index contributed by atoms with van der Waals surface area (Å²) in [5.41, 5.74) is 13.5. The van der Waals surface area contributed by atoms with Gasteiger partial charge in [0.1, 0.15) is 0 Å². The molecule has 0 amide bonds. The minimum Gasteiger partial charge on any atom is -0.256 e. The van der Waals surface area contributed by atoms with Gasteiger partial charge in [-0.1, -0.05) is 153 Å². The molecule has 51 heavy (non-hydrogen) atoms. The van der Waals surface area contributed by atoms with Gasteiger partial charge in [0.25, 0.3) is 0 Å². The minimum atomic E-state index is -0.0695. The lowest BCUT2D eigenvalue weighted by Gasteiger charge is -2.22. The topological polar surface area (TPSA) is 38.7 Å². The molecule has 0 N–H and O–H groups in total. The molecule has 0 bridgehead atoms. The molecule has 0 aliphatic heterocycles. The maximum Gasteiger partial charge on any atom is 0.160 e. The fraction of sp³-hybridized carbons (Fsp3) is 0.0625. The number of rotatable bonds is 4. The molecule has 0 radical (unpaired) electrons. The fourth-order valence-corrected chi connectivity index (χ4v) is 8.22. The van der Waals surface area contributed by atoms with Gasteiger partial charge in [0, 0.05) is 33.7 Å². The Morgan fingerprint density at radius 1 is 0.431 bits per heavy atom. The first-order valence-electron chi connectivity index (χ1n) is 17.5. The predicted molar refractivity (Wildman–Crippen MR) is 212 cm³/mol. The number of hydrogen-bond acceptors (Lipinski definition) is 3. The average molecular weight is 652 g/mol. The Labute approximate surface area is 297 Å². The lowest BCUT2D eigenvalue weighted by Crippen LogP contribution is -2.14. The Morgan fingerprint density at radius 3 is 1.94 bits per heavy atom. The Morgan fingerprint density at radius 2 is 1.10 bits per heavy atom. The van der Waals surface area contributed by atoms with Gasteiger partial charge in [-0.2, -0.15) is 0 Å². The van der Waals surface area contributed by atoms with E-state index in [2.05, 4.69) is 147 Å². The Bertz CT molecular complexity index is 2830. The summed E-state index contributed by atoms with van der Waals surface area (Å²) < 4.78 is 0. The molecule has 3 nitrogen and oxygen atoms in total. The number of aromatic nitrogens is 3. The van der Waals surface area contributed by atoms with E-state index in [-0.39, 0.29) is 5.41 Å². The predicted octanol–water partition coefficient (Wildman–Crippen LogP) is 12.3. The largest absolute Gasteiger partial charge is 0.256 e. The van der Waals surface area contributed by atoms with Crippen LogP contribution in [-0.2, 0) is 5.41 Å². The number of fused-ring (bicyclic) bond motifs is 7. The highest BCUT2D eigenvalue weighted by Gasteiger charge is 2.36. The van der Waals surface area contributed by atoms with Crippen molar-refractivity contribution in [1.82, 2.24) is 15.0 Å². The van der Waals surface area contributed by atoms with Gasteiger partial charge >= 0.3 is 0 Å². The molecule has 0 spiro atoms. The van der Waals surface area contributed by atoms with Crippen LogP contribution in [0.25, 0.3) is 88.6 Å². The zero-order valence-corrected chi connectivity index (χ0v) is 28.4. The monoisotopic (exact) mass is 651 g/mol. The molecule has 2 aromatic heterocycles. The summed E-state index contributed by atoms with van der Waals surface area (Å²) in [5, 5.41) is 6.02. The van der Waals surface area contributed by atoms with E-state index in [4.69, 9.17) is 15.0 Å². The number of pyridine rings is 1. The second-order valence-electron chi connectivity index (χ2n) is 14.0. The first-order valence-corrected chi connectivity index (χ1v) is 17.5. The van der Waals surface area contributed by atoms with E-state index in [9.17, 15) is 0 Å². The molecule has 7 aromatic carbocycles. The number of benzene rings is 7. The average Bonchev–Trinajstić information content (AvgIpc) is 3.43. The van der Waals surface area contributed by atoms with Crippen LogP contribution >= 0.6 is 0 Å². The lowest BCUT2D eigenvalue weighted by molar-refractivity contribution is 0.661. The summed E-state index contributed by atoms with van der Waals surface area (Å²) in [6.07, 6.45) is 1.85. The molecule has 9 aromatic rings. The first kappa shape index (κ1) is 29.5. The van der Waals surface area contributed by atoms with Crippen molar-refractivity contribution >= 4 is 32.4 Å². The zero-order chi connectivity index (χ0) is 34.1. The van der Waals surface area contributed by atoms with Crippen LogP contribution in [0, 0.1) is 0 Å². The Balaban J connectivity index is 1.17. The molecule has 0 unspecified atom stereocenters. The van der Waals surface area contributed by atoms with Crippen molar-refractivity contribution in [1.29, 1.82) is 0 Å². The van der Waals surface area contributed by atoms with E-state index in [1.54, 1.807) is 0 Å². The van der Waals surface area contributed by atoms with E-state index in [1.165, 1.54) is 49.5 Å². The second-order valence-corrected chi connectivity index (χ2v) is 14.0. The van der Waals surface area contributed by atoms with E-state index in [0.717, 1.165) is 44.4 Å². The van der Waals surface area contributed by atoms with Gasteiger partial charge in [-0.3, -0.25) is 4.98 Å².